The molecule has 0 bridgehead atoms. The Hall–Kier alpha value is -1.04. The molecule has 5 nitrogen and oxygen atoms in total. The lowest BCUT2D eigenvalue weighted by atomic mass is 10.3. The van der Waals surface area contributed by atoms with E-state index in [0.717, 1.165) is 6.42 Å². The Kier molecular flexibility index (Phi) is 3.94. The first-order valence-corrected chi connectivity index (χ1v) is 5.65. The molecule has 0 radical (unpaired) electrons. The molecule has 1 atom stereocenters. The van der Waals surface area contributed by atoms with Gasteiger partial charge < -0.3 is 4.57 Å². The maximum atomic E-state index is 11.6. The number of nitrogens with zero attached hydrogens (tertiary/aromatic N) is 3. The fourth-order valence-electron chi connectivity index (χ4n) is 1.05. The molecule has 0 aliphatic heterocycles. The molecule has 0 saturated heterocycles. The number of amides is 1. The molecule has 1 N–H and O–H groups in total. The average Bonchev–Trinajstić information content (AvgIpc) is 2.54. The fourth-order valence-corrected chi connectivity index (χ4v) is 1.65. The monoisotopic (exact) mass is 214 g/mol. The van der Waals surface area contributed by atoms with Crippen LogP contribution in [0.2, 0.25) is 0 Å². The van der Waals surface area contributed by atoms with E-state index in [1.807, 2.05) is 13.2 Å². The van der Waals surface area contributed by atoms with Crippen LogP contribution < -0.4 is 5.32 Å². The van der Waals surface area contributed by atoms with Crippen molar-refractivity contribution < 1.29 is 4.79 Å². The average molecular weight is 214 g/mol. The molecular formula is C8H14N4OS. The molecule has 0 fully saturated rings. The quantitative estimate of drug-likeness (QED) is 0.808. The van der Waals surface area contributed by atoms with Gasteiger partial charge in [-0.25, -0.2) is 0 Å². The van der Waals surface area contributed by atoms with Crippen LogP contribution in [0.5, 0.6) is 0 Å². The van der Waals surface area contributed by atoms with Crippen molar-refractivity contribution in [1.82, 2.24) is 14.8 Å². The molecule has 6 heteroatoms. The van der Waals surface area contributed by atoms with Crippen molar-refractivity contribution in [2.75, 3.05) is 11.6 Å². The fraction of sp³-hybridized carbons (Fsp3) is 0.625. The van der Waals surface area contributed by atoms with E-state index in [1.54, 1.807) is 17.9 Å². The Labute approximate surface area is 87.3 Å². The van der Waals surface area contributed by atoms with E-state index < -0.39 is 0 Å². The molecule has 1 rings (SSSR count). The van der Waals surface area contributed by atoms with Crippen LogP contribution in [-0.4, -0.2) is 32.2 Å². The first-order chi connectivity index (χ1) is 6.69. The minimum atomic E-state index is -0.0216. The number of carbonyl (C=O) groups is 1. The van der Waals surface area contributed by atoms with Crippen molar-refractivity contribution >= 4 is 23.6 Å². The number of anilines is 1. The number of aromatic nitrogens is 3. The Morgan fingerprint density at radius 3 is 2.93 bits per heavy atom. The molecule has 1 heterocycles. The van der Waals surface area contributed by atoms with E-state index in [1.165, 1.54) is 11.8 Å². The number of aryl methyl sites for hydroxylation is 1. The summed E-state index contributed by atoms with van der Waals surface area (Å²) in [5.74, 6) is 0.471. The molecule has 0 unspecified atom stereocenters. The van der Waals surface area contributed by atoms with Gasteiger partial charge in [-0.2, -0.15) is 11.8 Å². The van der Waals surface area contributed by atoms with Crippen molar-refractivity contribution in [3.05, 3.63) is 6.33 Å². The van der Waals surface area contributed by atoms with Gasteiger partial charge >= 0.3 is 0 Å². The van der Waals surface area contributed by atoms with Gasteiger partial charge in [-0.1, -0.05) is 6.92 Å². The van der Waals surface area contributed by atoms with Gasteiger partial charge in [-0.05, 0) is 12.7 Å². The number of hydrogen-bond donors (Lipinski definition) is 1. The van der Waals surface area contributed by atoms with E-state index in [-0.39, 0.29) is 11.2 Å². The predicted molar refractivity (Wildman–Crippen MR) is 57.2 cm³/mol. The van der Waals surface area contributed by atoms with Crippen molar-refractivity contribution in [2.45, 2.75) is 18.6 Å². The first kappa shape index (κ1) is 11.0. The Balaban J connectivity index is 2.61. The third kappa shape index (κ3) is 2.47. The normalized spacial score (nSPS) is 12.5. The maximum Gasteiger partial charge on any atom is 0.239 e. The van der Waals surface area contributed by atoms with Crippen molar-refractivity contribution in [1.29, 1.82) is 0 Å². The van der Waals surface area contributed by atoms with Crippen LogP contribution in [0.3, 0.4) is 0 Å². The molecule has 0 saturated carbocycles. The molecule has 1 aromatic heterocycles. The highest BCUT2D eigenvalue weighted by atomic mass is 32.2. The van der Waals surface area contributed by atoms with Crippen molar-refractivity contribution in [3.63, 3.8) is 0 Å². The van der Waals surface area contributed by atoms with E-state index in [2.05, 4.69) is 15.5 Å². The van der Waals surface area contributed by atoms with Crippen LogP contribution in [0.25, 0.3) is 0 Å². The van der Waals surface area contributed by atoms with E-state index >= 15 is 0 Å². The van der Waals surface area contributed by atoms with Gasteiger partial charge in [0.15, 0.2) is 0 Å². The zero-order chi connectivity index (χ0) is 10.6. The molecule has 0 aliphatic carbocycles. The van der Waals surface area contributed by atoms with Gasteiger partial charge in [-0.15, -0.1) is 10.2 Å². The van der Waals surface area contributed by atoms with Crippen molar-refractivity contribution in [3.8, 4) is 0 Å². The van der Waals surface area contributed by atoms with Gasteiger partial charge in [0.25, 0.3) is 0 Å². The van der Waals surface area contributed by atoms with Gasteiger partial charge in [0.05, 0.1) is 5.25 Å². The Morgan fingerprint density at radius 2 is 2.50 bits per heavy atom. The van der Waals surface area contributed by atoms with Crippen LogP contribution in [0, 0.1) is 0 Å². The summed E-state index contributed by atoms with van der Waals surface area (Å²) in [6, 6.07) is 0. The molecule has 14 heavy (non-hydrogen) atoms. The summed E-state index contributed by atoms with van der Waals surface area (Å²) in [5.41, 5.74) is 0. The highest BCUT2D eigenvalue weighted by molar-refractivity contribution is 7.99. The van der Waals surface area contributed by atoms with Gasteiger partial charge in [0, 0.05) is 7.05 Å². The van der Waals surface area contributed by atoms with Gasteiger partial charge in [0.1, 0.15) is 6.33 Å². The lowest BCUT2D eigenvalue weighted by molar-refractivity contribution is -0.115. The molecular weight excluding hydrogens is 200 g/mol. The first-order valence-electron chi connectivity index (χ1n) is 4.36. The minimum Gasteiger partial charge on any atom is -0.303 e. The smallest absolute Gasteiger partial charge is 0.239 e. The molecule has 0 aliphatic rings. The third-order valence-corrected chi connectivity index (χ3v) is 3.01. The van der Waals surface area contributed by atoms with Crippen LogP contribution in [0.1, 0.15) is 13.3 Å². The van der Waals surface area contributed by atoms with E-state index in [9.17, 15) is 4.79 Å². The molecule has 1 aromatic rings. The molecule has 0 aromatic carbocycles. The number of rotatable bonds is 4. The summed E-state index contributed by atoms with van der Waals surface area (Å²) >= 11 is 1.54. The van der Waals surface area contributed by atoms with E-state index in [4.69, 9.17) is 0 Å². The zero-order valence-electron chi connectivity index (χ0n) is 8.52. The van der Waals surface area contributed by atoms with Gasteiger partial charge in [0.2, 0.25) is 11.9 Å². The summed E-state index contributed by atoms with van der Waals surface area (Å²) in [6.07, 6.45) is 4.28. The summed E-state index contributed by atoms with van der Waals surface area (Å²) in [4.78, 5) is 11.6. The third-order valence-electron chi connectivity index (χ3n) is 1.89. The summed E-state index contributed by atoms with van der Waals surface area (Å²) in [5, 5.41) is 10.2. The number of hydrogen-bond acceptors (Lipinski definition) is 4. The largest absolute Gasteiger partial charge is 0.303 e. The lowest BCUT2D eigenvalue weighted by Crippen LogP contribution is -2.25. The lowest BCUT2D eigenvalue weighted by Gasteiger charge is -2.10. The summed E-state index contributed by atoms with van der Waals surface area (Å²) < 4.78 is 1.67. The van der Waals surface area contributed by atoms with Crippen LogP contribution in [0.15, 0.2) is 6.33 Å². The van der Waals surface area contributed by atoms with E-state index in [0.29, 0.717) is 5.95 Å². The predicted octanol–water partition coefficient (Wildman–Crippen LogP) is 0.895. The second-order valence-corrected chi connectivity index (χ2v) is 3.93. The zero-order valence-corrected chi connectivity index (χ0v) is 9.34. The van der Waals surface area contributed by atoms with Gasteiger partial charge in [-0.3, -0.25) is 10.1 Å². The van der Waals surface area contributed by atoms with Crippen LogP contribution >= 0.6 is 11.8 Å². The SMILES string of the molecule is CC[C@H](SC)C(=O)Nc1nncn1C. The molecule has 1 amide bonds. The molecule has 0 spiro atoms. The topological polar surface area (TPSA) is 59.8 Å². The maximum absolute atomic E-state index is 11.6. The summed E-state index contributed by atoms with van der Waals surface area (Å²) in [6.45, 7) is 1.98. The minimum absolute atomic E-state index is 0.0175. The highest BCUT2D eigenvalue weighted by Crippen LogP contribution is 2.12. The second-order valence-electron chi connectivity index (χ2n) is 2.89. The number of nitrogens with one attached hydrogen (secondary N) is 1. The highest BCUT2D eigenvalue weighted by Gasteiger charge is 2.16. The number of thioether (sulfide) groups is 1. The standard InChI is InChI=1S/C8H14N4OS/c1-4-6(14-3)7(13)10-8-11-9-5-12(8)2/h5-6H,4H2,1-3H3,(H,10,11,13)/t6-/m0/s1. The summed E-state index contributed by atoms with van der Waals surface area (Å²) in [7, 11) is 1.79. The molecule has 78 valence electrons. The van der Waals surface area contributed by atoms with Crippen LogP contribution in [0.4, 0.5) is 5.95 Å². The second kappa shape index (κ2) is 4.99. The van der Waals surface area contributed by atoms with Crippen LogP contribution in [-0.2, 0) is 11.8 Å². The van der Waals surface area contributed by atoms with Crippen molar-refractivity contribution in [2.24, 2.45) is 7.05 Å². The Bertz CT molecular complexity index is 308. The Morgan fingerprint density at radius 1 is 1.79 bits per heavy atom. The number of carbonyl (C=O) groups excluding carboxylic acids is 1.